The van der Waals surface area contributed by atoms with Gasteiger partial charge in [0.05, 0.1) is 4.47 Å². The van der Waals surface area contributed by atoms with Crippen molar-refractivity contribution in [2.45, 2.75) is 25.9 Å². The number of benzene rings is 1. The van der Waals surface area contributed by atoms with Gasteiger partial charge >= 0.3 is 0 Å². The Bertz CT molecular complexity index is 360. The predicted octanol–water partition coefficient (Wildman–Crippen LogP) is 2.59. The van der Waals surface area contributed by atoms with Crippen molar-refractivity contribution in [1.82, 2.24) is 5.32 Å². The van der Waals surface area contributed by atoms with Crippen LogP contribution in [0.25, 0.3) is 0 Å². The third-order valence-corrected chi connectivity index (χ3v) is 2.94. The van der Waals surface area contributed by atoms with E-state index >= 15 is 0 Å². The van der Waals surface area contributed by atoms with Crippen LogP contribution in [0.1, 0.15) is 18.9 Å². The fourth-order valence-corrected chi connectivity index (χ4v) is 1.67. The highest BCUT2D eigenvalue weighted by Crippen LogP contribution is 2.21. The van der Waals surface area contributed by atoms with Crippen molar-refractivity contribution < 1.29 is 13.9 Å². The Hall–Kier alpha value is -0.520. The van der Waals surface area contributed by atoms with Gasteiger partial charge in [-0.25, -0.2) is 8.78 Å². The van der Waals surface area contributed by atoms with Crippen molar-refractivity contribution in [1.29, 1.82) is 0 Å². The molecule has 0 amide bonds. The summed E-state index contributed by atoms with van der Waals surface area (Å²) in [6.07, 6.45) is 0.553. The smallest absolute Gasteiger partial charge is 0.144 e. The summed E-state index contributed by atoms with van der Waals surface area (Å²) in [5.74, 6) is -1.15. The maximum Gasteiger partial charge on any atom is 0.144 e. The largest absolute Gasteiger partial charge is 0.396 e. The van der Waals surface area contributed by atoms with E-state index in [1.54, 1.807) is 0 Å². The van der Waals surface area contributed by atoms with Gasteiger partial charge in [0, 0.05) is 24.8 Å². The summed E-state index contributed by atoms with van der Waals surface area (Å²) >= 11 is 3.01. The molecule has 0 aliphatic heterocycles. The second-order valence-corrected chi connectivity index (χ2v) is 4.47. The van der Waals surface area contributed by atoms with Crippen LogP contribution < -0.4 is 5.32 Å². The average molecular weight is 294 g/mol. The molecule has 2 N–H and O–H groups in total. The summed E-state index contributed by atoms with van der Waals surface area (Å²) < 4.78 is 27.1. The third-order valence-electron chi connectivity index (χ3n) is 2.33. The van der Waals surface area contributed by atoms with Gasteiger partial charge < -0.3 is 10.4 Å². The number of halogens is 3. The molecule has 0 saturated heterocycles. The van der Waals surface area contributed by atoms with E-state index in [1.165, 1.54) is 12.1 Å². The highest BCUT2D eigenvalue weighted by molar-refractivity contribution is 9.10. The minimum absolute atomic E-state index is 0.0131. The van der Waals surface area contributed by atoms with Crippen molar-refractivity contribution >= 4 is 15.9 Å². The Morgan fingerprint density at radius 1 is 1.44 bits per heavy atom. The number of nitrogens with one attached hydrogen (secondary N) is 1. The number of hydrogen-bond acceptors (Lipinski definition) is 2. The van der Waals surface area contributed by atoms with Gasteiger partial charge in [-0.05, 0) is 41.4 Å². The van der Waals surface area contributed by atoms with Gasteiger partial charge in [0.15, 0.2) is 0 Å². The molecule has 1 aromatic carbocycles. The lowest BCUT2D eigenvalue weighted by Crippen LogP contribution is -2.27. The highest BCUT2D eigenvalue weighted by atomic mass is 79.9. The number of hydrogen-bond donors (Lipinski definition) is 2. The molecule has 0 saturated carbocycles. The first kappa shape index (κ1) is 13.5. The number of aliphatic hydroxyl groups is 1. The molecule has 0 heterocycles. The number of aliphatic hydroxyl groups excluding tert-OH is 1. The maximum atomic E-state index is 13.5. The Morgan fingerprint density at radius 3 is 2.75 bits per heavy atom. The Kier molecular flexibility index (Phi) is 5.31. The van der Waals surface area contributed by atoms with Crippen LogP contribution in [0.15, 0.2) is 16.6 Å². The molecule has 0 fully saturated rings. The molecule has 0 aliphatic carbocycles. The first-order valence-electron chi connectivity index (χ1n) is 5.03. The fourth-order valence-electron chi connectivity index (χ4n) is 1.30. The second kappa shape index (κ2) is 6.27. The van der Waals surface area contributed by atoms with Crippen LogP contribution in [0.2, 0.25) is 0 Å². The zero-order valence-electron chi connectivity index (χ0n) is 8.93. The summed E-state index contributed by atoms with van der Waals surface area (Å²) in [5, 5.41) is 11.6. The lowest BCUT2D eigenvalue weighted by atomic mass is 10.1. The summed E-state index contributed by atoms with van der Waals surface area (Å²) in [7, 11) is 0. The van der Waals surface area contributed by atoms with Crippen LogP contribution in [0.5, 0.6) is 0 Å². The van der Waals surface area contributed by atoms with Crippen LogP contribution >= 0.6 is 15.9 Å². The molecule has 0 spiro atoms. The van der Waals surface area contributed by atoms with Gasteiger partial charge in [0.2, 0.25) is 0 Å². The monoisotopic (exact) mass is 293 g/mol. The van der Waals surface area contributed by atoms with Gasteiger partial charge in [-0.1, -0.05) is 0 Å². The standard InChI is InChI=1S/C11H14BrF2NO/c1-7(4-5-16)15-6-8-10(13)3-2-9(12)11(8)14/h2-3,7,15-16H,4-6H2,1H3. The average Bonchev–Trinajstić information content (AvgIpc) is 2.24. The van der Waals surface area contributed by atoms with Gasteiger partial charge in [-0.2, -0.15) is 0 Å². The van der Waals surface area contributed by atoms with Gasteiger partial charge in [-0.15, -0.1) is 0 Å². The molecule has 16 heavy (non-hydrogen) atoms. The molecule has 5 heteroatoms. The molecule has 2 nitrogen and oxygen atoms in total. The first-order valence-corrected chi connectivity index (χ1v) is 5.82. The normalized spacial score (nSPS) is 12.8. The highest BCUT2D eigenvalue weighted by Gasteiger charge is 2.12. The quantitative estimate of drug-likeness (QED) is 0.818. The minimum atomic E-state index is -0.580. The van der Waals surface area contributed by atoms with E-state index in [0.717, 1.165) is 0 Å². The lowest BCUT2D eigenvalue weighted by Gasteiger charge is -2.13. The van der Waals surface area contributed by atoms with Crippen LogP contribution in [-0.2, 0) is 6.54 Å². The zero-order valence-corrected chi connectivity index (χ0v) is 10.5. The van der Waals surface area contributed by atoms with Gasteiger partial charge in [0.1, 0.15) is 11.6 Å². The van der Waals surface area contributed by atoms with Crippen LogP contribution in [-0.4, -0.2) is 17.8 Å². The van der Waals surface area contributed by atoms with Crippen LogP contribution in [0, 0.1) is 11.6 Å². The Labute approximate surface area is 102 Å². The van der Waals surface area contributed by atoms with E-state index < -0.39 is 11.6 Å². The molecule has 90 valence electrons. The minimum Gasteiger partial charge on any atom is -0.396 e. The molecule has 0 aromatic heterocycles. The molecule has 0 aliphatic rings. The third kappa shape index (κ3) is 3.50. The van der Waals surface area contributed by atoms with Crippen LogP contribution in [0.4, 0.5) is 8.78 Å². The van der Waals surface area contributed by atoms with E-state index in [4.69, 9.17) is 5.11 Å². The SMILES string of the molecule is CC(CCO)NCc1c(F)ccc(Br)c1F. The second-order valence-electron chi connectivity index (χ2n) is 3.62. The van der Waals surface area contributed by atoms with E-state index in [0.29, 0.717) is 6.42 Å². The van der Waals surface area contributed by atoms with Crippen molar-refractivity contribution in [3.63, 3.8) is 0 Å². The first-order chi connectivity index (χ1) is 7.56. The predicted molar refractivity (Wildman–Crippen MR) is 62.1 cm³/mol. The van der Waals surface area contributed by atoms with Gasteiger partial charge in [-0.3, -0.25) is 0 Å². The molecule has 1 rings (SSSR count). The number of rotatable bonds is 5. The molecule has 0 bridgehead atoms. The van der Waals surface area contributed by atoms with Crippen molar-refractivity contribution in [3.05, 3.63) is 33.8 Å². The summed E-state index contributed by atoms with van der Waals surface area (Å²) in [6, 6.07) is 2.58. The van der Waals surface area contributed by atoms with E-state index in [9.17, 15) is 8.78 Å². The molecule has 0 radical (unpaired) electrons. The molecular weight excluding hydrogens is 280 g/mol. The van der Waals surface area contributed by atoms with Crippen molar-refractivity contribution in [3.8, 4) is 0 Å². The fraction of sp³-hybridized carbons (Fsp3) is 0.455. The summed E-state index contributed by atoms with van der Waals surface area (Å²) in [5.41, 5.74) is 0.0131. The van der Waals surface area contributed by atoms with E-state index in [-0.39, 0.29) is 29.2 Å². The van der Waals surface area contributed by atoms with Crippen LogP contribution in [0.3, 0.4) is 0 Å². The Morgan fingerprint density at radius 2 is 2.12 bits per heavy atom. The van der Waals surface area contributed by atoms with E-state index in [2.05, 4.69) is 21.2 Å². The Balaban J connectivity index is 2.70. The summed E-state index contributed by atoms with van der Waals surface area (Å²) in [4.78, 5) is 0. The topological polar surface area (TPSA) is 32.3 Å². The zero-order chi connectivity index (χ0) is 12.1. The molecule has 1 unspecified atom stereocenters. The van der Waals surface area contributed by atoms with Crippen molar-refractivity contribution in [2.24, 2.45) is 0 Å². The molecule has 1 aromatic rings. The summed E-state index contributed by atoms with van der Waals surface area (Å²) in [6.45, 7) is 2.01. The molecule has 1 atom stereocenters. The van der Waals surface area contributed by atoms with E-state index in [1.807, 2.05) is 6.92 Å². The van der Waals surface area contributed by atoms with Gasteiger partial charge in [0.25, 0.3) is 0 Å². The maximum absolute atomic E-state index is 13.5. The van der Waals surface area contributed by atoms with Crippen molar-refractivity contribution in [2.75, 3.05) is 6.61 Å². The molecular formula is C11H14BrF2NO. The lowest BCUT2D eigenvalue weighted by molar-refractivity contribution is 0.268.